The van der Waals surface area contributed by atoms with Gasteiger partial charge >= 0.3 is 18.0 Å². The molecule has 2 amide bonds. The van der Waals surface area contributed by atoms with Crippen LogP contribution in [0.1, 0.15) is 5.56 Å². The van der Waals surface area contributed by atoms with Crippen molar-refractivity contribution in [3.8, 4) is 0 Å². The lowest BCUT2D eigenvalue weighted by Gasteiger charge is -2.14. The number of amides is 2. The van der Waals surface area contributed by atoms with E-state index in [1.165, 1.54) is 14.2 Å². The Morgan fingerprint density at radius 3 is 2.09 bits per heavy atom. The van der Waals surface area contributed by atoms with Crippen LogP contribution in [-0.4, -0.2) is 38.9 Å². The lowest BCUT2D eigenvalue weighted by molar-refractivity contribution is -0.139. The molecule has 22 heavy (non-hydrogen) atoms. The molecule has 0 saturated carbocycles. The Labute approximate surface area is 124 Å². The fourth-order valence-corrected chi connectivity index (χ4v) is 1.45. The molecule has 0 atom stereocenters. The van der Waals surface area contributed by atoms with Gasteiger partial charge in [0.15, 0.2) is 6.29 Å². The predicted octanol–water partition coefficient (Wildman–Crippen LogP) is 1.38. The van der Waals surface area contributed by atoms with Crippen LogP contribution in [0.15, 0.2) is 24.3 Å². The van der Waals surface area contributed by atoms with Gasteiger partial charge < -0.3 is 20.1 Å². The maximum Gasteiger partial charge on any atom is 0.416 e. The number of methoxy groups -OCH3 is 2. The van der Waals surface area contributed by atoms with Gasteiger partial charge in [0.1, 0.15) is 0 Å². The molecule has 0 unspecified atom stereocenters. The first kappa shape index (κ1) is 17.9. The van der Waals surface area contributed by atoms with E-state index in [0.29, 0.717) is 0 Å². The predicted molar refractivity (Wildman–Crippen MR) is 70.9 cm³/mol. The van der Waals surface area contributed by atoms with Crippen LogP contribution in [0, 0.1) is 0 Å². The summed E-state index contributed by atoms with van der Waals surface area (Å²) in [7, 11) is 2.73. The molecule has 6 nitrogen and oxygen atoms in total. The summed E-state index contributed by atoms with van der Waals surface area (Å²) in [4.78, 5) is 23.1. The molecule has 0 spiro atoms. The van der Waals surface area contributed by atoms with E-state index in [1.54, 1.807) is 0 Å². The Kier molecular flexibility index (Phi) is 6.32. The van der Waals surface area contributed by atoms with Gasteiger partial charge in [-0.05, 0) is 24.3 Å². The number of carbonyl (C=O) groups excluding carboxylic acids is 2. The van der Waals surface area contributed by atoms with Gasteiger partial charge in [0.2, 0.25) is 0 Å². The van der Waals surface area contributed by atoms with Crippen LogP contribution in [0.25, 0.3) is 0 Å². The molecule has 0 saturated heterocycles. The highest BCUT2D eigenvalue weighted by molar-refractivity contribution is 6.39. The third-order valence-corrected chi connectivity index (χ3v) is 2.63. The van der Waals surface area contributed by atoms with Crippen molar-refractivity contribution in [3.05, 3.63) is 29.8 Å². The molecule has 122 valence electrons. The minimum atomic E-state index is -4.46. The van der Waals surface area contributed by atoms with Crippen molar-refractivity contribution in [2.75, 3.05) is 26.1 Å². The molecule has 2 N–H and O–H groups in total. The number of hydrogen-bond donors (Lipinski definition) is 2. The Morgan fingerprint density at radius 1 is 1.09 bits per heavy atom. The second-order valence-electron chi connectivity index (χ2n) is 4.14. The largest absolute Gasteiger partial charge is 0.416 e. The Morgan fingerprint density at radius 2 is 1.64 bits per heavy atom. The average molecular weight is 320 g/mol. The summed E-state index contributed by atoms with van der Waals surface area (Å²) in [6.07, 6.45) is -5.17. The summed E-state index contributed by atoms with van der Waals surface area (Å²) in [6, 6.07) is 3.72. The van der Waals surface area contributed by atoms with Crippen molar-refractivity contribution in [2.24, 2.45) is 0 Å². The standard InChI is InChI=1S/C13H15F3N2O4/c1-21-10(22-2)7-17-11(19)12(20)18-9-5-3-8(4-6-9)13(14,15)16/h3-6,10H,7H2,1-2H3,(H,17,19)(H,18,20). The monoisotopic (exact) mass is 320 g/mol. The Balaban J connectivity index is 2.55. The molecule has 9 heteroatoms. The van der Waals surface area contributed by atoms with E-state index in [9.17, 15) is 22.8 Å². The van der Waals surface area contributed by atoms with Crippen molar-refractivity contribution < 1.29 is 32.2 Å². The number of ether oxygens (including phenoxy) is 2. The molecule has 1 aromatic carbocycles. The van der Waals surface area contributed by atoms with E-state index in [4.69, 9.17) is 9.47 Å². The van der Waals surface area contributed by atoms with Crippen LogP contribution in [-0.2, 0) is 25.2 Å². The maximum atomic E-state index is 12.4. The Hall–Kier alpha value is -2.13. The van der Waals surface area contributed by atoms with E-state index >= 15 is 0 Å². The molecule has 0 aliphatic heterocycles. The van der Waals surface area contributed by atoms with Crippen LogP contribution < -0.4 is 10.6 Å². The number of alkyl halides is 3. The number of carbonyl (C=O) groups is 2. The van der Waals surface area contributed by atoms with Gasteiger partial charge in [0, 0.05) is 19.9 Å². The lowest BCUT2D eigenvalue weighted by Crippen LogP contribution is -2.40. The molecule has 0 radical (unpaired) electrons. The van der Waals surface area contributed by atoms with Crippen molar-refractivity contribution in [1.82, 2.24) is 5.32 Å². The maximum absolute atomic E-state index is 12.4. The van der Waals surface area contributed by atoms with Gasteiger partial charge in [0.05, 0.1) is 12.1 Å². The van der Waals surface area contributed by atoms with Crippen molar-refractivity contribution in [2.45, 2.75) is 12.5 Å². The molecule has 0 fully saturated rings. The molecule has 1 rings (SSSR count). The SMILES string of the molecule is COC(CNC(=O)C(=O)Nc1ccc(C(F)(F)F)cc1)OC. The molecular weight excluding hydrogens is 305 g/mol. The molecule has 0 bridgehead atoms. The molecule has 1 aromatic rings. The summed E-state index contributed by atoms with van der Waals surface area (Å²) in [5.41, 5.74) is -0.777. The summed E-state index contributed by atoms with van der Waals surface area (Å²) in [5.74, 6) is -1.97. The van der Waals surface area contributed by atoms with E-state index < -0.39 is 29.8 Å². The van der Waals surface area contributed by atoms with Gasteiger partial charge in [-0.1, -0.05) is 0 Å². The smallest absolute Gasteiger partial charge is 0.354 e. The van der Waals surface area contributed by atoms with Crippen LogP contribution >= 0.6 is 0 Å². The first-order valence-electron chi connectivity index (χ1n) is 6.10. The minimum Gasteiger partial charge on any atom is -0.354 e. The fourth-order valence-electron chi connectivity index (χ4n) is 1.45. The second kappa shape index (κ2) is 7.76. The van der Waals surface area contributed by atoms with Gasteiger partial charge in [-0.3, -0.25) is 9.59 Å². The molecule has 0 aliphatic carbocycles. The van der Waals surface area contributed by atoms with Gasteiger partial charge in [-0.2, -0.15) is 13.2 Å². The second-order valence-corrected chi connectivity index (χ2v) is 4.14. The third kappa shape index (κ3) is 5.34. The number of halogens is 3. The van der Waals surface area contributed by atoms with Gasteiger partial charge in [-0.25, -0.2) is 0 Å². The highest BCUT2D eigenvalue weighted by Crippen LogP contribution is 2.29. The zero-order valence-electron chi connectivity index (χ0n) is 11.9. The van der Waals surface area contributed by atoms with Crippen LogP contribution in [0.3, 0.4) is 0 Å². The molecule has 0 heterocycles. The number of rotatable bonds is 5. The normalized spacial score (nSPS) is 11.4. The van der Waals surface area contributed by atoms with Crippen LogP contribution in [0.5, 0.6) is 0 Å². The van der Waals surface area contributed by atoms with Gasteiger partial charge in [-0.15, -0.1) is 0 Å². The highest BCUT2D eigenvalue weighted by atomic mass is 19.4. The summed E-state index contributed by atoms with van der Waals surface area (Å²) in [5, 5.41) is 4.44. The zero-order chi connectivity index (χ0) is 16.8. The molecule has 0 aromatic heterocycles. The minimum absolute atomic E-state index is 0.0493. The first-order valence-corrected chi connectivity index (χ1v) is 6.10. The van der Waals surface area contributed by atoms with Crippen molar-refractivity contribution in [3.63, 3.8) is 0 Å². The summed E-state index contributed by atoms with van der Waals surface area (Å²) < 4.78 is 46.8. The fraction of sp³-hybridized carbons (Fsp3) is 0.385. The number of anilines is 1. The van der Waals surface area contributed by atoms with Crippen molar-refractivity contribution >= 4 is 17.5 Å². The molecule has 0 aliphatic rings. The Bertz CT molecular complexity index is 513. The van der Waals surface area contributed by atoms with Crippen LogP contribution in [0.4, 0.5) is 18.9 Å². The first-order chi connectivity index (χ1) is 10.3. The van der Waals surface area contributed by atoms with Gasteiger partial charge in [0.25, 0.3) is 0 Å². The highest BCUT2D eigenvalue weighted by Gasteiger charge is 2.30. The lowest BCUT2D eigenvalue weighted by atomic mass is 10.2. The number of hydrogen-bond acceptors (Lipinski definition) is 4. The summed E-state index contributed by atoms with van der Waals surface area (Å²) in [6.45, 7) is -0.0493. The number of nitrogens with one attached hydrogen (secondary N) is 2. The zero-order valence-corrected chi connectivity index (χ0v) is 11.9. The van der Waals surface area contributed by atoms with E-state index in [-0.39, 0.29) is 12.2 Å². The number of benzene rings is 1. The average Bonchev–Trinajstić information content (AvgIpc) is 2.47. The van der Waals surface area contributed by atoms with E-state index in [1.807, 2.05) is 0 Å². The third-order valence-electron chi connectivity index (χ3n) is 2.63. The van der Waals surface area contributed by atoms with E-state index in [0.717, 1.165) is 24.3 Å². The quantitative estimate of drug-likeness (QED) is 0.635. The van der Waals surface area contributed by atoms with Crippen molar-refractivity contribution in [1.29, 1.82) is 0 Å². The topological polar surface area (TPSA) is 76.7 Å². The van der Waals surface area contributed by atoms with E-state index in [2.05, 4.69) is 10.6 Å². The molecular formula is C13H15F3N2O4. The summed E-state index contributed by atoms with van der Waals surface area (Å²) >= 11 is 0. The van der Waals surface area contributed by atoms with Crippen LogP contribution in [0.2, 0.25) is 0 Å².